The molecule has 4 nitrogen and oxygen atoms in total. The lowest BCUT2D eigenvalue weighted by atomic mass is 10.0. The Morgan fingerprint density at radius 2 is 1.72 bits per heavy atom. The van der Waals surface area contributed by atoms with Gasteiger partial charge in [-0.2, -0.15) is 0 Å². The fourth-order valence-corrected chi connectivity index (χ4v) is 4.73. The largest absolute Gasteiger partial charge is 0.337 e. The van der Waals surface area contributed by atoms with E-state index in [4.69, 9.17) is 0 Å². The SMILES string of the molecule is O=C(c1cccc(CN2CCCC2)c1)N1CCC[C@H](N2CCCC2)C1. The Bertz CT molecular complexity index is 591. The molecule has 1 aromatic carbocycles. The first-order valence-corrected chi connectivity index (χ1v) is 10.1. The molecule has 0 bridgehead atoms. The van der Waals surface area contributed by atoms with Gasteiger partial charge in [-0.3, -0.25) is 14.6 Å². The van der Waals surface area contributed by atoms with E-state index in [1.165, 1.54) is 63.8 Å². The van der Waals surface area contributed by atoms with Gasteiger partial charge >= 0.3 is 0 Å². The van der Waals surface area contributed by atoms with Crippen LogP contribution in [0.2, 0.25) is 0 Å². The van der Waals surface area contributed by atoms with Crippen molar-refractivity contribution in [1.29, 1.82) is 0 Å². The summed E-state index contributed by atoms with van der Waals surface area (Å²) >= 11 is 0. The molecule has 0 spiro atoms. The molecule has 3 aliphatic rings. The zero-order chi connectivity index (χ0) is 17.1. The van der Waals surface area contributed by atoms with E-state index in [9.17, 15) is 4.79 Å². The fraction of sp³-hybridized carbons (Fsp3) is 0.667. The number of hydrogen-bond acceptors (Lipinski definition) is 3. The summed E-state index contributed by atoms with van der Waals surface area (Å²) in [4.78, 5) is 20.2. The highest BCUT2D eigenvalue weighted by Gasteiger charge is 2.29. The summed E-state index contributed by atoms with van der Waals surface area (Å²) in [6.45, 7) is 7.64. The molecule has 1 aromatic rings. The van der Waals surface area contributed by atoms with Crippen LogP contribution in [0.3, 0.4) is 0 Å². The van der Waals surface area contributed by atoms with Crippen LogP contribution in [-0.4, -0.2) is 65.9 Å². The standard InChI is InChI=1S/C21H31N3O/c25-21(24-14-6-9-20(17-24)23-12-3-4-13-23)19-8-5-7-18(15-19)16-22-10-1-2-11-22/h5,7-8,15,20H,1-4,6,9-14,16-17H2/t20-/m0/s1. The third-order valence-electron chi connectivity index (χ3n) is 6.12. The normalized spacial score (nSPS) is 25.6. The molecular formula is C21H31N3O. The van der Waals surface area contributed by atoms with Gasteiger partial charge in [0, 0.05) is 31.2 Å². The van der Waals surface area contributed by atoms with Gasteiger partial charge in [-0.25, -0.2) is 0 Å². The maximum atomic E-state index is 13.0. The minimum absolute atomic E-state index is 0.229. The van der Waals surface area contributed by atoms with Crippen molar-refractivity contribution in [2.75, 3.05) is 39.3 Å². The highest BCUT2D eigenvalue weighted by atomic mass is 16.2. The molecule has 1 amide bonds. The van der Waals surface area contributed by atoms with E-state index >= 15 is 0 Å². The summed E-state index contributed by atoms with van der Waals surface area (Å²) in [6.07, 6.45) is 7.65. The zero-order valence-electron chi connectivity index (χ0n) is 15.3. The molecule has 4 heteroatoms. The lowest BCUT2D eigenvalue weighted by Crippen LogP contribution is -2.49. The van der Waals surface area contributed by atoms with E-state index in [0.717, 1.165) is 31.6 Å². The molecule has 3 saturated heterocycles. The first-order chi connectivity index (χ1) is 12.3. The molecule has 0 aromatic heterocycles. The molecule has 4 rings (SSSR count). The van der Waals surface area contributed by atoms with Gasteiger partial charge in [0.1, 0.15) is 0 Å². The van der Waals surface area contributed by atoms with E-state index in [1.54, 1.807) is 0 Å². The number of rotatable bonds is 4. The molecule has 25 heavy (non-hydrogen) atoms. The van der Waals surface area contributed by atoms with E-state index in [0.29, 0.717) is 6.04 Å². The van der Waals surface area contributed by atoms with Gasteiger partial charge in [0.05, 0.1) is 0 Å². The van der Waals surface area contributed by atoms with Crippen LogP contribution in [-0.2, 0) is 6.54 Å². The number of carbonyl (C=O) groups excluding carboxylic acids is 1. The lowest BCUT2D eigenvalue weighted by molar-refractivity contribution is 0.0607. The van der Waals surface area contributed by atoms with Crippen molar-refractivity contribution in [3.05, 3.63) is 35.4 Å². The molecule has 3 heterocycles. The Balaban J connectivity index is 1.41. The van der Waals surface area contributed by atoms with Crippen LogP contribution in [0, 0.1) is 0 Å². The van der Waals surface area contributed by atoms with E-state index in [2.05, 4.69) is 32.9 Å². The number of carbonyl (C=O) groups is 1. The first-order valence-electron chi connectivity index (χ1n) is 10.1. The number of hydrogen-bond donors (Lipinski definition) is 0. The highest BCUT2D eigenvalue weighted by molar-refractivity contribution is 5.94. The monoisotopic (exact) mass is 341 g/mol. The molecule has 3 aliphatic heterocycles. The van der Waals surface area contributed by atoms with Crippen LogP contribution < -0.4 is 0 Å². The third-order valence-corrected chi connectivity index (χ3v) is 6.12. The second-order valence-corrected chi connectivity index (χ2v) is 7.97. The smallest absolute Gasteiger partial charge is 0.253 e. The maximum absolute atomic E-state index is 13.0. The van der Waals surface area contributed by atoms with E-state index in [-0.39, 0.29) is 5.91 Å². The van der Waals surface area contributed by atoms with Crippen LogP contribution in [0.15, 0.2) is 24.3 Å². The van der Waals surface area contributed by atoms with Gasteiger partial charge in [-0.1, -0.05) is 12.1 Å². The number of benzene rings is 1. The summed E-state index contributed by atoms with van der Waals surface area (Å²) in [7, 11) is 0. The Morgan fingerprint density at radius 1 is 0.960 bits per heavy atom. The summed E-state index contributed by atoms with van der Waals surface area (Å²) in [5.41, 5.74) is 2.15. The zero-order valence-corrected chi connectivity index (χ0v) is 15.3. The quantitative estimate of drug-likeness (QED) is 0.842. The molecule has 0 N–H and O–H groups in total. The fourth-order valence-electron chi connectivity index (χ4n) is 4.73. The predicted octanol–water partition coefficient (Wildman–Crippen LogP) is 2.98. The molecule has 136 valence electrons. The number of piperidine rings is 1. The van der Waals surface area contributed by atoms with Crippen LogP contribution >= 0.6 is 0 Å². The van der Waals surface area contributed by atoms with Crippen molar-refractivity contribution in [2.24, 2.45) is 0 Å². The van der Waals surface area contributed by atoms with Crippen molar-refractivity contribution in [2.45, 2.75) is 51.1 Å². The van der Waals surface area contributed by atoms with Gasteiger partial charge in [-0.05, 0) is 82.4 Å². The summed E-state index contributed by atoms with van der Waals surface area (Å²) in [6, 6.07) is 8.92. The van der Waals surface area contributed by atoms with Crippen LogP contribution in [0.5, 0.6) is 0 Å². The van der Waals surface area contributed by atoms with Crippen molar-refractivity contribution < 1.29 is 4.79 Å². The Morgan fingerprint density at radius 3 is 2.52 bits per heavy atom. The van der Waals surface area contributed by atoms with E-state index in [1.807, 2.05) is 6.07 Å². The van der Waals surface area contributed by atoms with Gasteiger partial charge < -0.3 is 4.90 Å². The molecular weight excluding hydrogens is 310 g/mol. The molecule has 1 atom stereocenters. The molecule has 0 unspecified atom stereocenters. The average Bonchev–Trinajstić information content (AvgIpc) is 3.35. The second kappa shape index (κ2) is 7.88. The van der Waals surface area contributed by atoms with Gasteiger partial charge in [-0.15, -0.1) is 0 Å². The highest BCUT2D eigenvalue weighted by Crippen LogP contribution is 2.22. The van der Waals surface area contributed by atoms with Crippen molar-refractivity contribution in [3.63, 3.8) is 0 Å². The summed E-state index contributed by atoms with van der Waals surface area (Å²) < 4.78 is 0. The number of amides is 1. The maximum Gasteiger partial charge on any atom is 0.253 e. The Hall–Kier alpha value is -1.39. The van der Waals surface area contributed by atoms with Crippen LogP contribution in [0.1, 0.15) is 54.4 Å². The first kappa shape index (κ1) is 17.0. The van der Waals surface area contributed by atoms with Crippen LogP contribution in [0.4, 0.5) is 0 Å². The van der Waals surface area contributed by atoms with E-state index < -0.39 is 0 Å². The third kappa shape index (κ3) is 4.06. The molecule has 3 fully saturated rings. The second-order valence-electron chi connectivity index (χ2n) is 7.97. The van der Waals surface area contributed by atoms with Gasteiger partial charge in [0.15, 0.2) is 0 Å². The molecule has 0 radical (unpaired) electrons. The van der Waals surface area contributed by atoms with Crippen molar-refractivity contribution in [1.82, 2.24) is 14.7 Å². The van der Waals surface area contributed by atoms with Gasteiger partial charge in [0.2, 0.25) is 0 Å². The lowest BCUT2D eigenvalue weighted by Gasteiger charge is -2.37. The number of likely N-dealkylation sites (tertiary alicyclic amines) is 3. The Labute approximate surface area is 151 Å². The average molecular weight is 341 g/mol. The summed E-state index contributed by atoms with van der Waals surface area (Å²) in [5, 5.41) is 0. The predicted molar refractivity (Wildman–Crippen MR) is 101 cm³/mol. The Kier molecular flexibility index (Phi) is 5.37. The minimum Gasteiger partial charge on any atom is -0.337 e. The topological polar surface area (TPSA) is 26.8 Å². The number of nitrogens with zero attached hydrogens (tertiary/aromatic N) is 3. The van der Waals surface area contributed by atoms with Crippen molar-refractivity contribution in [3.8, 4) is 0 Å². The van der Waals surface area contributed by atoms with Gasteiger partial charge in [0.25, 0.3) is 5.91 Å². The summed E-state index contributed by atoms with van der Waals surface area (Å²) in [5.74, 6) is 0.229. The van der Waals surface area contributed by atoms with Crippen molar-refractivity contribution >= 4 is 5.91 Å². The minimum atomic E-state index is 0.229. The molecule has 0 aliphatic carbocycles. The molecule has 0 saturated carbocycles. The van der Waals surface area contributed by atoms with Crippen LogP contribution in [0.25, 0.3) is 0 Å².